The maximum Gasteiger partial charge on any atom is 0 e. The van der Waals surface area contributed by atoms with Crippen molar-refractivity contribution in [2.75, 3.05) is 14.1 Å². The quantitative estimate of drug-likeness (QED) is 0.348. The monoisotopic (exact) mass is 534 g/mol. The minimum atomic E-state index is 0. The van der Waals surface area contributed by atoms with E-state index >= 15 is 0 Å². The molecule has 0 aliphatic rings. The molecule has 2 nitrogen and oxygen atoms in total. The first-order chi connectivity index (χ1) is 11.0. The molecule has 3 rings (SSSR count). The third-order valence-electron chi connectivity index (χ3n) is 2.00. The van der Waals surface area contributed by atoms with Crippen LogP contribution >= 0.6 is 0 Å². The molecule has 0 unspecified atom stereocenters. The Morgan fingerprint density at radius 2 is 0.286 bits per heavy atom. The molecular weight excluding hydrogens is 494 g/mol. The van der Waals surface area contributed by atoms with E-state index < -0.39 is 0 Å². The summed E-state index contributed by atoms with van der Waals surface area (Å²) in [4.78, 5) is 0. The molecular formula is C24H40N2Y2-4. The molecule has 28 heavy (non-hydrogen) atoms. The van der Waals surface area contributed by atoms with E-state index in [1.807, 2.05) is 109 Å². The summed E-state index contributed by atoms with van der Waals surface area (Å²) in [5.74, 6) is 0. The average molecular weight is 534 g/mol. The predicted molar refractivity (Wildman–Crippen MR) is 125 cm³/mol. The Morgan fingerprint density at radius 3 is 0.321 bits per heavy atom. The standard InChI is InChI=1S/3C6H6.2CH5N.4CH3.2Y/c3*1-2-4-6-5-3-1;2*1-2;;;;;;/h3*1-6H;2*2H2,1H3;4*1H3;;/q;;;;;4*-1;;. The molecule has 0 saturated carbocycles. The van der Waals surface area contributed by atoms with Crippen molar-refractivity contribution in [1.82, 2.24) is 0 Å². The smallest absolute Gasteiger partial charge is 0 e. The van der Waals surface area contributed by atoms with Gasteiger partial charge in [0.25, 0.3) is 0 Å². The molecule has 3 aromatic carbocycles. The Morgan fingerprint density at radius 1 is 0.250 bits per heavy atom. The molecule has 156 valence electrons. The Kier molecular flexibility index (Phi) is 102. The fourth-order valence-corrected chi connectivity index (χ4v) is 1.15. The van der Waals surface area contributed by atoms with Gasteiger partial charge in [-0.25, -0.2) is 0 Å². The van der Waals surface area contributed by atoms with Crippen LogP contribution in [0, 0.1) is 29.7 Å². The second-order valence-electron chi connectivity index (χ2n) is 3.46. The molecule has 0 spiro atoms. The van der Waals surface area contributed by atoms with Crippen LogP contribution in [0.2, 0.25) is 0 Å². The first-order valence-corrected chi connectivity index (χ1v) is 7.15. The molecule has 0 heterocycles. The Hall–Kier alpha value is -0.212. The molecule has 4 N–H and O–H groups in total. The SMILES string of the molecule is CN.CN.[CH3-].[CH3-].[CH3-].[CH3-].[Y].[Y].c1ccccc1.c1ccccc1.c1ccccc1. The van der Waals surface area contributed by atoms with Crippen LogP contribution in [-0.4, -0.2) is 14.1 Å². The van der Waals surface area contributed by atoms with Crippen LogP contribution in [0.1, 0.15) is 0 Å². The fourth-order valence-electron chi connectivity index (χ4n) is 1.15. The molecule has 0 bridgehead atoms. The van der Waals surface area contributed by atoms with Crippen LogP contribution in [-0.2, 0) is 65.4 Å². The predicted octanol–water partition coefficient (Wildman–Crippen LogP) is 6.01. The molecule has 0 aromatic heterocycles. The number of hydrogen-bond donors (Lipinski definition) is 2. The molecule has 0 aliphatic carbocycles. The van der Waals surface area contributed by atoms with Gasteiger partial charge < -0.3 is 41.2 Å². The Balaban J connectivity index is -0.0000000298. The van der Waals surface area contributed by atoms with Crippen LogP contribution in [0.5, 0.6) is 0 Å². The van der Waals surface area contributed by atoms with Crippen LogP contribution < -0.4 is 11.5 Å². The summed E-state index contributed by atoms with van der Waals surface area (Å²) in [6.45, 7) is 0. The molecule has 0 saturated heterocycles. The van der Waals surface area contributed by atoms with Crippen LogP contribution in [0.15, 0.2) is 109 Å². The van der Waals surface area contributed by atoms with Crippen molar-refractivity contribution >= 4 is 0 Å². The summed E-state index contributed by atoms with van der Waals surface area (Å²) in [7, 11) is 3.00. The van der Waals surface area contributed by atoms with Gasteiger partial charge in [0.1, 0.15) is 0 Å². The summed E-state index contributed by atoms with van der Waals surface area (Å²) in [6.07, 6.45) is 0. The topological polar surface area (TPSA) is 52.0 Å². The number of benzene rings is 3. The normalized spacial score (nSPS) is 5.57. The summed E-state index contributed by atoms with van der Waals surface area (Å²) in [5.41, 5.74) is 9.00. The Labute approximate surface area is 227 Å². The molecule has 0 atom stereocenters. The molecule has 0 aliphatic heterocycles. The zero-order valence-electron chi connectivity index (χ0n) is 18.7. The van der Waals surface area contributed by atoms with Gasteiger partial charge in [-0.1, -0.05) is 109 Å². The largest absolute Gasteiger partial charge is 0.358 e. The van der Waals surface area contributed by atoms with E-state index in [1.165, 1.54) is 14.1 Å². The molecule has 2 radical (unpaired) electrons. The minimum absolute atomic E-state index is 0. The van der Waals surface area contributed by atoms with E-state index in [4.69, 9.17) is 0 Å². The van der Waals surface area contributed by atoms with Crippen molar-refractivity contribution in [2.45, 2.75) is 0 Å². The van der Waals surface area contributed by atoms with Gasteiger partial charge >= 0.3 is 0 Å². The van der Waals surface area contributed by atoms with Crippen molar-refractivity contribution in [3.8, 4) is 0 Å². The maximum atomic E-state index is 4.50. The first kappa shape index (κ1) is 50.9. The van der Waals surface area contributed by atoms with Gasteiger partial charge in [-0.2, -0.15) is 0 Å². The van der Waals surface area contributed by atoms with Crippen LogP contribution in [0.25, 0.3) is 0 Å². The van der Waals surface area contributed by atoms with Crippen molar-refractivity contribution in [3.63, 3.8) is 0 Å². The van der Waals surface area contributed by atoms with Gasteiger partial charge in [-0.15, -0.1) is 0 Å². The van der Waals surface area contributed by atoms with Crippen molar-refractivity contribution in [2.24, 2.45) is 11.5 Å². The van der Waals surface area contributed by atoms with Gasteiger partial charge in [0, 0.05) is 65.4 Å². The van der Waals surface area contributed by atoms with E-state index in [1.54, 1.807) is 0 Å². The van der Waals surface area contributed by atoms with Crippen molar-refractivity contribution in [3.05, 3.63) is 139 Å². The first-order valence-electron chi connectivity index (χ1n) is 7.15. The van der Waals surface area contributed by atoms with Crippen LogP contribution in [0.3, 0.4) is 0 Å². The zero-order valence-corrected chi connectivity index (χ0v) is 24.4. The minimum Gasteiger partial charge on any atom is -0.358 e. The Bertz CT molecular complexity index is 311. The number of nitrogens with two attached hydrogens (primary N) is 2. The fraction of sp³-hybridized carbons (Fsp3) is 0.0833. The second kappa shape index (κ2) is 56.3. The molecule has 0 fully saturated rings. The molecule has 3 aromatic rings. The van der Waals surface area contributed by atoms with Gasteiger partial charge in [0.15, 0.2) is 0 Å². The van der Waals surface area contributed by atoms with E-state index in [9.17, 15) is 0 Å². The second-order valence-corrected chi connectivity index (χ2v) is 3.46. The summed E-state index contributed by atoms with van der Waals surface area (Å²) in [5, 5.41) is 0. The van der Waals surface area contributed by atoms with Crippen molar-refractivity contribution in [1.29, 1.82) is 0 Å². The third kappa shape index (κ3) is 50.1. The summed E-state index contributed by atoms with van der Waals surface area (Å²) in [6, 6.07) is 36.0. The number of hydrogen-bond acceptors (Lipinski definition) is 2. The van der Waals surface area contributed by atoms with Crippen LogP contribution in [0.4, 0.5) is 0 Å². The molecule has 0 amide bonds. The molecule has 4 heteroatoms. The zero-order chi connectivity index (χ0) is 16.7. The third-order valence-corrected chi connectivity index (χ3v) is 2.00. The van der Waals surface area contributed by atoms with Crippen molar-refractivity contribution < 1.29 is 65.4 Å². The van der Waals surface area contributed by atoms with Gasteiger partial charge in [0.05, 0.1) is 0 Å². The average Bonchev–Trinajstić information content (AvgIpc) is 2.70. The number of rotatable bonds is 0. The van der Waals surface area contributed by atoms with E-state index in [0.29, 0.717) is 0 Å². The van der Waals surface area contributed by atoms with E-state index in [-0.39, 0.29) is 95.1 Å². The van der Waals surface area contributed by atoms with E-state index in [2.05, 4.69) is 11.5 Å². The van der Waals surface area contributed by atoms with Gasteiger partial charge in [0.2, 0.25) is 0 Å². The van der Waals surface area contributed by atoms with E-state index in [0.717, 1.165) is 0 Å². The maximum absolute atomic E-state index is 4.50. The van der Waals surface area contributed by atoms with Gasteiger partial charge in [-0.3, -0.25) is 0 Å². The summed E-state index contributed by atoms with van der Waals surface area (Å²) < 4.78 is 0. The van der Waals surface area contributed by atoms with Gasteiger partial charge in [-0.05, 0) is 14.1 Å². The summed E-state index contributed by atoms with van der Waals surface area (Å²) >= 11 is 0.